The van der Waals surface area contributed by atoms with Gasteiger partial charge in [-0.25, -0.2) is 14.4 Å². The second kappa shape index (κ2) is 9.53. The van der Waals surface area contributed by atoms with E-state index in [0.717, 1.165) is 42.5 Å². The Morgan fingerprint density at radius 2 is 2.04 bits per heavy atom. The van der Waals surface area contributed by atoms with Crippen LogP contribution in [-0.4, -0.2) is 30.6 Å². The number of rotatable bonds is 6. The van der Waals surface area contributed by atoms with Crippen molar-refractivity contribution in [1.82, 2.24) is 15.6 Å². The van der Waals surface area contributed by atoms with Crippen molar-refractivity contribution in [2.75, 3.05) is 24.5 Å². The smallest absolute Gasteiger partial charge is 0.192 e. The molecule has 1 aromatic carbocycles. The minimum absolute atomic E-state index is 0.0505. The molecule has 6 heteroatoms. The largest absolute Gasteiger partial charge is 0.357 e. The number of aryl methyl sites for hydroxylation is 1. The van der Waals surface area contributed by atoms with Gasteiger partial charge in [0.05, 0.1) is 12.6 Å². The van der Waals surface area contributed by atoms with Crippen LogP contribution in [0.15, 0.2) is 41.5 Å². The lowest BCUT2D eigenvalue weighted by Gasteiger charge is -2.19. The van der Waals surface area contributed by atoms with Gasteiger partial charge in [0, 0.05) is 25.8 Å². The molecule has 1 fully saturated rings. The van der Waals surface area contributed by atoms with E-state index in [9.17, 15) is 4.39 Å². The summed E-state index contributed by atoms with van der Waals surface area (Å²) in [4.78, 5) is 11.5. The normalized spacial score (nSPS) is 15.6. The highest BCUT2D eigenvalue weighted by molar-refractivity contribution is 5.80. The number of guanidine groups is 1. The van der Waals surface area contributed by atoms with Crippen LogP contribution in [-0.2, 0) is 6.54 Å². The highest BCUT2D eigenvalue weighted by Gasteiger charge is 2.14. The molecule has 0 aliphatic carbocycles. The van der Waals surface area contributed by atoms with Crippen molar-refractivity contribution < 1.29 is 4.39 Å². The molecular formula is C22H30FN5. The predicted octanol–water partition coefficient (Wildman–Crippen LogP) is 3.95. The Morgan fingerprint density at radius 3 is 2.75 bits per heavy atom. The number of hydrogen-bond donors (Lipinski definition) is 2. The van der Waals surface area contributed by atoms with Crippen molar-refractivity contribution in [1.29, 1.82) is 0 Å². The molecule has 1 aliphatic rings. The minimum Gasteiger partial charge on any atom is -0.357 e. The maximum atomic E-state index is 13.9. The van der Waals surface area contributed by atoms with Gasteiger partial charge in [0.2, 0.25) is 0 Å². The molecule has 150 valence electrons. The minimum atomic E-state index is -0.181. The van der Waals surface area contributed by atoms with Crippen LogP contribution in [0.1, 0.15) is 49.4 Å². The van der Waals surface area contributed by atoms with Gasteiger partial charge >= 0.3 is 0 Å². The van der Waals surface area contributed by atoms with Crippen molar-refractivity contribution in [3.63, 3.8) is 0 Å². The molecule has 3 rings (SSSR count). The molecule has 0 saturated carbocycles. The van der Waals surface area contributed by atoms with E-state index in [1.807, 2.05) is 38.2 Å². The van der Waals surface area contributed by atoms with Gasteiger partial charge in [-0.2, -0.15) is 0 Å². The van der Waals surface area contributed by atoms with E-state index >= 15 is 0 Å². The molecule has 1 aliphatic heterocycles. The Morgan fingerprint density at radius 1 is 1.25 bits per heavy atom. The lowest BCUT2D eigenvalue weighted by molar-refractivity contribution is 0.607. The van der Waals surface area contributed by atoms with E-state index in [2.05, 4.69) is 26.6 Å². The van der Waals surface area contributed by atoms with Crippen LogP contribution in [0.25, 0.3) is 0 Å². The number of halogens is 1. The monoisotopic (exact) mass is 383 g/mol. The molecule has 2 heterocycles. The van der Waals surface area contributed by atoms with Crippen LogP contribution in [0.2, 0.25) is 0 Å². The van der Waals surface area contributed by atoms with Crippen molar-refractivity contribution >= 4 is 11.8 Å². The van der Waals surface area contributed by atoms with Crippen molar-refractivity contribution in [3.05, 3.63) is 59.0 Å². The van der Waals surface area contributed by atoms with Crippen molar-refractivity contribution in [2.24, 2.45) is 4.99 Å². The Balaban J connectivity index is 1.68. The highest BCUT2D eigenvalue weighted by Crippen LogP contribution is 2.19. The molecule has 0 bridgehead atoms. The molecule has 2 N–H and O–H groups in total. The second-order valence-corrected chi connectivity index (χ2v) is 7.29. The number of benzene rings is 1. The van der Waals surface area contributed by atoms with Crippen molar-refractivity contribution in [2.45, 2.75) is 46.2 Å². The fraction of sp³-hybridized carbons (Fsp3) is 0.455. The molecule has 0 radical (unpaired) electrons. The number of anilines is 1. The second-order valence-electron chi connectivity index (χ2n) is 7.29. The number of pyridine rings is 1. The first-order valence-electron chi connectivity index (χ1n) is 10.1. The highest BCUT2D eigenvalue weighted by atomic mass is 19.1. The quantitative estimate of drug-likeness (QED) is 0.586. The molecule has 28 heavy (non-hydrogen) atoms. The first-order chi connectivity index (χ1) is 13.6. The molecule has 0 amide bonds. The Labute approximate surface area is 167 Å². The topological polar surface area (TPSA) is 52.6 Å². The zero-order chi connectivity index (χ0) is 19.9. The van der Waals surface area contributed by atoms with Gasteiger partial charge in [0.1, 0.15) is 11.6 Å². The van der Waals surface area contributed by atoms with Crippen molar-refractivity contribution in [3.8, 4) is 0 Å². The predicted molar refractivity (Wildman–Crippen MR) is 113 cm³/mol. The van der Waals surface area contributed by atoms with Gasteiger partial charge in [0.25, 0.3) is 0 Å². The average Bonchev–Trinajstić information content (AvgIpc) is 3.23. The summed E-state index contributed by atoms with van der Waals surface area (Å²) in [7, 11) is 0. The SMILES string of the molecule is CCNC(=NCc1ccnc(N2CCCC2)c1)NC(C)c1ccc(C)c(F)c1. The zero-order valence-electron chi connectivity index (χ0n) is 17.0. The number of aliphatic imine (C=N–C) groups is 1. The van der Waals surface area contributed by atoms with E-state index in [1.165, 1.54) is 12.8 Å². The van der Waals surface area contributed by atoms with Crippen LogP contribution in [0, 0.1) is 12.7 Å². The molecule has 1 saturated heterocycles. The Bertz CT molecular complexity index is 814. The van der Waals surface area contributed by atoms with E-state index in [1.54, 1.807) is 13.0 Å². The summed E-state index contributed by atoms with van der Waals surface area (Å²) in [5.74, 6) is 1.57. The summed E-state index contributed by atoms with van der Waals surface area (Å²) in [5.41, 5.74) is 2.68. The zero-order valence-corrected chi connectivity index (χ0v) is 17.0. The lowest BCUT2D eigenvalue weighted by Crippen LogP contribution is -2.38. The molecule has 2 aromatic rings. The van der Waals surface area contributed by atoms with E-state index in [0.29, 0.717) is 12.1 Å². The summed E-state index contributed by atoms with van der Waals surface area (Å²) in [6.07, 6.45) is 4.32. The summed E-state index contributed by atoms with van der Waals surface area (Å²) >= 11 is 0. The fourth-order valence-electron chi connectivity index (χ4n) is 3.34. The Hall–Kier alpha value is -2.63. The molecule has 0 spiro atoms. The summed E-state index contributed by atoms with van der Waals surface area (Å²) < 4.78 is 13.9. The average molecular weight is 384 g/mol. The maximum absolute atomic E-state index is 13.9. The van der Waals surface area contributed by atoms with Crippen LogP contribution < -0.4 is 15.5 Å². The molecule has 1 atom stereocenters. The van der Waals surface area contributed by atoms with E-state index < -0.39 is 0 Å². The van der Waals surface area contributed by atoms with Gasteiger partial charge in [-0.15, -0.1) is 0 Å². The van der Waals surface area contributed by atoms with Crippen LogP contribution >= 0.6 is 0 Å². The fourth-order valence-corrected chi connectivity index (χ4v) is 3.34. The summed E-state index contributed by atoms with van der Waals surface area (Å²) in [6, 6.07) is 9.42. The van der Waals surface area contributed by atoms with Gasteiger partial charge in [-0.05, 0) is 68.5 Å². The van der Waals surface area contributed by atoms with Crippen LogP contribution in [0.3, 0.4) is 0 Å². The number of nitrogens with one attached hydrogen (secondary N) is 2. The third-order valence-electron chi connectivity index (χ3n) is 5.05. The number of nitrogens with zero attached hydrogens (tertiary/aromatic N) is 3. The first-order valence-corrected chi connectivity index (χ1v) is 10.1. The number of hydrogen-bond acceptors (Lipinski definition) is 3. The molecular weight excluding hydrogens is 353 g/mol. The summed E-state index contributed by atoms with van der Waals surface area (Å²) in [6.45, 7) is 9.29. The first kappa shape index (κ1) is 20.1. The third kappa shape index (κ3) is 5.21. The molecule has 5 nitrogen and oxygen atoms in total. The van der Waals surface area contributed by atoms with Gasteiger partial charge in [0.15, 0.2) is 5.96 Å². The van der Waals surface area contributed by atoms with E-state index in [-0.39, 0.29) is 11.9 Å². The number of aromatic nitrogens is 1. The Kier molecular flexibility index (Phi) is 6.85. The molecule has 1 aromatic heterocycles. The van der Waals surface area contributed by atoms with Crippen LogP contribution in [0.5, 0.6) is 0 Å². The van der Waals surface area contributed by atoms with E-state index in [4.69, 9.17) is 4.99 Å². The summed E-state index contributed by atoms with van der Waals surface area (Å²) in [5, 5.41) is 6.64. The van der Waals surface area contributed by atoms with Gasteiger partial charge < -0.3 is 15.5 Å². The standard InChI is InChI=1S/C22H30FN5/c1-4-24-22(27-17(3)19-8-7-16(2)20(23)14-19)26-15-18-9-10-25-21(13-18)28-11-5-6-12-28/h7-10,13-14,17H,4-6,11-12,15H2,1-3H3,(H2,24,26,27). The van der Waals surface area contributed by atoms with Gasteiger partial charge in [-0.3, -0.25) is 0 Å². The maximum Gasteiger partial charge on any atom is 0.192 e. The molecule has 1 unspecified atom stereocenters. The third-order valence-corrected chi connectivity index (χ3v) is 5.05. The van der Waals surface area contributed by atoms with Gasteiger partial charge in [-0.1, -0.05) is 12.1 Å². The lowest BCUT2D eigenvalue weighted by atomic mass is 10.1. The van der Waals surface area contributed by atoms with Crippen LogP contribution in [0.4, 0.5) is 10.2 Å².